The van der Waals surface area contributed by atoms with E-state index in [0.29, 0.717) is 23.8 Å². The number of carbonyl (C=O) groups is 1. The lowest BCUT2D eigenvalue weighted by Gasteiger charge is -2.12. The lowest BCUT2D eigenvalue weighted by Crippen LogP contribution is -2.26. The van der Waals surface area contributed by atoms with Gasteiger partial charge in [-0.3, -0.25) is 4.79 Å². The van der Waals surface area contributed by atoms with Crippen LogP contribution in [0.3, 0.4) is 0 Å². The summed E-state index contributed by atoms with van der Waals surface area (Å²) in [6, 6.07) is 17.5. The first-order valence-corrected chi connectivity index (χ1v) is 8.71. The van der Waals surface area contributed by atoms with Crippen LogP contribution in [0.4, 0.5) is 11.5 Å². The van der Waals surface area contributed by atoms with Gasteiger partial charge < -0.3 is 15.4 Å². The maximum Gasteiger partial charge on any atom is 0.270 e. The summed E-state index contributed by atoms with van der Waals surface area (Å²) in [7, 11) is 1.61. The largest absolute Gasteiger partial charge is 0.495 e. The zero-order chi connectivity index (χ0) is 19.1. The fourth-order valence-electron chi connectivity index (χ4n) is 2.66. The van der Waals surface area contributed by atoms with Gasteiger partial charge in [0.05, 0.1) is 12.8 Å². The van der Waals surface area contributed by atoms with E-state index in [1.54, 1.807) is 13.2 Å². The molecule has 2 N–H and O–H groups in total. The highest BCUT2D eigenvalue weighted by Gasteiger charge is 2.10. The molecule has 2 aromatic carbocycles. The van der Waals surface area contributed by atoms with Gasteiger partial charge in [0.1, 0.15) is 23.6 Å². The summed E-state index contributed by atoms with van der Waals surface area (Å²) < 4.78 is 5.36. The Labute approximate surface area is 158 Å². The summed E-state index contributed by atoms with van der Waals surface area (Å²) in [5, 5.41) is 6.07. The number of hydrogen-bond acceptors (Lipinski definition) is 5. The Hall–Kier alpha value is -3.41. The van der Waals surface area contributed by atoms with E-state index in [1.807, 2.05) is 55.5 Å². The van der Waals surface area contributed by atoms with E-state index in [4.69, 9.17) is 4.74 Å². The van der Waals surface area contributed by atoms with Crippen LogP contribution in [0.15, 0.2) is 60.9 Å². The van der Waals surface area contributed by atoms with Crippen LogP contribution in [0.2, 0.25) is 0 Å². The molecule has 6 heteroatoms. The quantitative estimate of drug-likeness (QED) is 0.673. The minimum atomic E-state index is -0.229. The first-order valence-electron chi connectivity index (χ1n) is 8.71. The zero-order valence-electron chi connectivity index (χ0n) is 15.4. The highest BCUT2D eigenvalue weighted by Crippen LogP contribution is 2.27. The van der Waals surface area contributed by atoms with E-state index in [-0.39, 0.29) is 5.91 Å². The van der Waals surface area contributed by atoms with E-state index in [0.717, 1.165) is 17.7 Å². The Balaban J connectivity index is 1.64. The number of aryl methyl sites for hydroxylation is 1. The molecule has 0 fully saturated rings. The molecule has 1 heterocycles. The smallest absolute Gasteiger partial charge is 0.270 e. The van der Waals surface area contributed by atoms with Gasteiger partial charge in [-0.05, 0) is 36.6 Å². The van der Waals surface area contributed by atoms with Crippen LogP contribution >= 0.6 is 0 Å². The van der Waals surface area contributed by atoms with Crippen LogP contribution in [0.25, 0.3) is 0 Å². The van der Waals surface area contributed by atoms with Crippen LogP contribution in [-0.2, 0) is 6.42 Å². The first kappa shape index (κ1) is 18.4. The van der Waals surface area contributed by atoms with E-state index >= 15 is 0 Å². The van der Waals surface area contributed by atoms with Crippen molar-refractivity contribution in [1.82, 2.24) is 15.3 Å². The zero-order valence-corrected chi connectivity index (χ0v) is 15.4. The number of amides is 1. The van der Waals surface area contributed by atoms with Gasteiger partial charge in [0.25, 0.3) is 5.91 Å². The third-order valence-electron chi connectivity index (χ3n) is 4.06. The highest BCUT2D eigenvalue weighted by atomic mass is 16.5. The molecule has 0 spiro atoms. The summed E-state index contributed by atoms with van der Waals surface area (Å²) in [4.78, 5) is 20.6. The number of nitrogens with zero attached hydrogens (tertiary/aromatic N) is 2. The molecule has 0 aliphatic heterocycles. The summed E-state index contributed by atoms with van der Waals surface area (Å²) >= 11 is 0. The predicted octanol–water partition coefficient (Wildman–Crippen LogP) is 3.51. The summed E-state index contributed by atoms with van der Waals surface area (Å²) in [5.41, 5.74) is 3.36. The Morgan fingerprint density at radius 3 is 2.67 bits per heavy atom. The molecule has 1 aromatic heterocycles. The lowest BCUT2D eigenvalue weighted by atomic mass is 10.1. The standard InChI is InChI=1S/C21H22N4O2/c1-15-8-9-19(27-2)17(12-15)25-20-13-18(23-14-24-20)21(26)22-11-10-16-6-4-3-5-7-16/h3-9,12-14H,10-11H2,1-2H3,(H,22,26)(H,23,24,25). The summed E-state index contributed by atoms with van der Waals surface area (Å²) in [6.07, 6.45) is 2.14. The van der Waals surface area contributed by atoms with Crippen molar-refractivity contribution in [3.8, 4) is 5.75 Å². The number of carbonyl (C=O) groups excluding carboxylic acids is 1. The lowest BCUT2D eigenvalue weighted by molar-refractivity contribution is 0.0949. The average Bonchev–Trinajstić information content (AvgIpc) is 2.69. The fourth-order valence-corrected chi connectivity index (χ4v) is 2.66. The van der Waals surface area contributed by atoms with Crippen molar-refractivity contribution in [3.63, 3.8) is 0 Å². The van der Waals surface area contributed by atoms with Gasteiger partial charge >= 0.3 is 0 Å². The molecule has 6 nitrogen and oxygen atoms in total. The van der Waals surface area contributed by atoms with Crippen molar-refractivity contribution in [3.05, 3.63) is 77.7 Å². The fraction of sp³-hybridized carbons (Fsp3) is 0.190. The second-order valence-corrected chi connectivity index (χ2v) is 6.11. The topological polar surface area (TPSA) is 76.1 Å². The summed E-state index contributed by atoms with van der Waals surface area (Å²) in [5.74, 6) is 1.00. The molecule has 0 atom stereocenters. The Kier molecular flexibility index (Phi) is 5.99. The highest BCUT2D eigenvalue weighted by molar-refractivity contribution is 5.93. The van der Waals surface area contributed by atoms with Crippen LogP contribution in [0, 0.1) is 6.92 Å². The molecule has 0 radical (unpaired) electrons. The second-order valence-electron chi connectivity index (χ2n) is 6.11. The number of ether oxygens (including phenoxy) is 1. The van der Waals surface area contributed by atoms with Crippen molar-refractivity contribution in [2.45, 2.75) is 13.3 Å². The Bertz CT molecular complexity index is 913. The molecule has 0 aliphatic carbocycles. The number of rotatable bonds is 7. The molecule has 138 valence electrons. The summed E-state index contributed by atoms with van der Waals surface area (Å²) in [6.45, 7) is 2.54. The van der Waals surface area contributed by atoms with Gasteiger partial charge in [-0.1, -0.05) is 36.4 Å². The number of methoxy groups -OCH3 is 1. The predicted molar refractivity (Wildman–Crippen MR) is 106 cm³/mol. The number of aromatic nitrogens is 2. The number of hydrogen-bond donors (Lipinski definition) is 2. The van der Waals surface area contributed by atoms with Gasteiger partial charge in [0, 0.05) is 12.6 Å². The van der Waals surface area contributed by atoms with Crippen molar-refractivity contribution in [2.24, 2.45) is 0 Å². The third kappa shape index (κ3) is 5.04. The Morgan fingerprint density at radius 2 is 1.89 bits per heavy atom. The molecule has 0 bridgehead atoms. The SMILES string of the molecule is COc1ccc(C)cc1Nc1cc(C(=O)NCCc2ccccc2)ncn1. The minimum Gasteiger partial charge on any atom is -0.495 e. The number of benzene rings is 2. The van der Waals surface area contributed by atoms with Crippen LogP contribution in [-0.4, -0.2) is 29.5 Å². The van der Waals surface area contributed by atoms with E-state index in [2.05, 4.69) is 20.6 Å². The van der Waals surface area contributed by atoms with Gasteiger partial charge in [-0.2, -0.15) is 0 Å². The van der Waals surface area contributed by atoms with Crippen LogP contribution in [0.5, 0.6) is 5.75 Å². The average molecular weight is 362 g/mol. The first-order chi connectivity index (χ1) is 13.2. The van der Waals surface area contributed by atoms with Gasteiger partial charge in [-0.15, -0.1) is 0 Å². The number of anilines is 2. The van der Waals surface area contributed by atoms with E-state index < -0.39 is 0 Å². The maximum atomic E-state index is 12.4. The van der Waals surface area contributed by atoms with Crippen LogP contribution in [0.1, 0.15) is 21.6 Å². The van der Waals surface area contributed by atoms with Crippen molar-refractivity contribution < 1.29 is 9.53 Å². The molecule has 1 amide bonds. The molecule has 27 heavy (non-hydrogen) atoms. The van der Waals surface area contributed by atoms with Gasteiger partial charge in [-0.25, -0.2) is 9.97 Å². The Morgan fingerprint density at radius 1 is 1.07 bits per heavy atom. The third-order valence-corrected chi connectivity index (χ3v) is 4.06. The molecule has 0 saturated heterocycles. The molecule has 3 rings (SSSR count). The normalized spacial score (nSPS) is 10.3. The van der Waals surface area contributed by atoms with E-state index in [9.17, 15) is 4.79 Å². The molecular weight excluding hydrogens is 340 g/mol. The molecule has 0 saturated carbocycles. The minimum absolute atomic E-state index is 0.229. The number of nitrogens with one attached hydrogen (secondary N) is 2. The molecule has 0 aliphatic rings. The van der Waals surface area contributed by atoms with Gasteiger partial charge in [0.15, 0.2) is 0 Å². The van der Waals surface area contributed by atoms with Crippen molar-refractivity contribution >= 4 is 17.4 Å². The molecular formula is C21H22N4O2. The monoisotopic (exact) mass is 362 g/mol. The molecule has 3 aromatic rings. The molecule has 0 unspecified atom stereocenters. The van der Waals surface area contributed by atoms with Crippen molar-refractivity contribution in [1.29, 1.82) is 0 Å². The maximum absolute atomic E-state index is 12.4. The van der Waals surface area contributed by atoms with Crippen LogP contribution < -0.4 is 15.4 Å². The van der Waals surface area contributed by atoms with Crippen molar-refractivity contribution in [2.75, 3.05) is 19.0 Å². The van der Waals surface area contributed by atoms with E-state index in [1.165, 1.54) is 11.9 Å². The van der Waals surface area contributed by atoms with Gasteiger partial charge in [0.2, 0.25) is 0 Å². The second kappa shape index (κ2) is 8.80.